The first-order valence-electron chi connectivity index (χ1n) is 12.3. The molecule has 1 atom stereocenters. The van der Waals surface area contributed by atoms with Crippen molar-refractivity contribution in [3.8, 4) is 23.1 Å². The lowest BCUT2D eigenvalue weighted by atomic mass is 9.93. The number of methoxy groups -OCH3 is 1. The van der Waals surface area contributed by atoms with Gasteiger partial charge in [-0.25, -0.2) is 14.8 Å². The molecule has 2 aromatic carbocycles. The number of amides is 2. The molecule has 0 bridgehead atoms. The lowest BCUT2D eigenvalue weighted by molar-refractivity contribution is 0.213. The summed E-state index contributed by atoms with van der Waals surface area (Å²) < 4.78 is 23.1. The molecule has 0 unspecified atom stereocenters. The number of nitrogens with zero attached hydrogens (tertiary/aromatic N) is 3. The van der Waals surface area contributed by atoms with Gasteiger partial charge in [0.2, 0.25) is 5.88 Å². The summed E-state index contributed by atoms with van der Waals surface area (Å²) in [5, 5.41) is 13.3. The fraction of sp³-hybridized carbons (Fsp3) is 0.333. The zero-order chi connectivity index (χ0) is 26.7. The number of hydrogen-bond acceptors (Lipinski definition) is 9. The summed E-state index contributed by atoms with van der Waals surface area (Å²) in [7, 11) is 1.60. The summed E-state index contributed by atoms with van der Waals surface area (Å²) in [6.07, 6.45) is 2.40. The second-order valence-electron chi connectivity index (χ2n) is 9.97. The fourth-order valence-corrected chi connectivity index (χ4v) is 4.00. The third kappa shape index (κ3) is 5.78. The number of ether oxygens (including phenoxy) is 3. The van der Waals surface area contributed by atoms with Gasteiger partial charge in [-0.3, -0.25) is 5.32 Å². The van der Waals surface area contributed by atoms with E-state index in [2.05, 4.69) is 31.1 Å². The highest BCUT2D eigenvalue weighted by Crippen LogP contribution is 2.37. The van der Waals surface area contributed by atoms with Gasteiger partial charge in [-0.15, -0.1) is 0 Å². The Morgan fingerprint density at radius 2 is 1.97 bits per heavy atom. The summed E-state index contributed by atoms with van der Waals surface area (Å²) in [5.41, 5.74) is 0.961. The highest BCUT2D eigenvalue weighted by Gasteiger charge is 2.21. The minimum Gasteiger partial charge on any atom is -0.493 e. The molecular formula is C27H30N6O5. The van der Waals surface area contributed by atoms with Crippen LogP contribution in [0.3, 0.4) is 0 Å². The van der Waals surface area contributed by atoms with E-state index >= 15 is 0 Å². The summed E-state index contributed by atoms with van der Waals surface area (Å²) in [5.74, 6) is 3.03. The van der Waals surface area contributed by atoms with Crippen LogP contribution in [0.5, 0.6) is 23.1 Å². The number of carbonyl (C=O) groups is 1. The first-order chi connectivity index (χ1) is 18.3. The normalized spacial score (nSPS) is 15.3. The molecule has 3 heterocycles. The number of hydrogen-bond donors (Lipinski definition) is 3. The Morgan fingerprint density at radius 1 is 1.11 bits per heavy atom. The topological polar surface area (TPSA) is 133 Å². The van der Waals surface area contributed by atoms with Gasteiger partial charge in [0.1, 0.15) is 23.9 Å². The Morgan fingerprint density at radius 3 is 2.71 bits per heavy atom. The SMILES string of the molecule is COc1cc2ncnc(Oc3cccc(NC(=O)Nc4cc(C(C)(C)C)on4)c3)c2cc1O[C@H]1CCNC1. The number of benzene rings is 2. The van der Waals surface area contributed by atoms with Crippen LogP contribution in [-0.4, -0.2) is 47.5 Å². The molecule has 1 saturated heterocycles. The molecule has 4 aromatic rings. The van der Waals surface area contributed by atoms with Crippen molar-refractivity contribution >= 4 is 28.4 Å². The Kier molecular flexibility index (Phi) is 7.01. The van der Waals surface area contributed by atoms with Crippen molar-refractivity contribution in [1.82, 2.24) is 20.4 Å². The zero-order valence-electron chi connectivity index (χ0n) is 21.7. The van der Waals surface area contributed by atoms with Crippen molar-refractivity contribution in [3.05, 3.63) is 54.6 Å². The van der Waals surface area contributed by atoms with Crippen LogP contribution in [0.25, 0.3) is 10.9 Å². The van der Waals surface area contributed by atoms with Crippen molar-refractivity contribution in [3.63, 3.8) is 0 Å². The van der Waals surface area contributed by atoms with Crippen molar-refractivity contribution in [2.45, 2.75) is 38.7 Å². The summed E-state index contributed by atoms with van der Waals surface area (Å²) in [6, 6.07) is 11.9. The molecule has 2 amide bonds. The lowest BCUT2D eigenvalue weighted by Crippen LogP contribution is -2.19. The molecule has 11 nitrogen and oxygen atoms in total. The molecule has 2 aromatic heterocycles. The van der Waals surface area contributed by atoms with Crippen LogP contribution < -0.4 is 30.2 Å². The Labute approximate surface area is 219 Å². The predicted octanol–water partition coefficient (Wildman–Crippen LogP) is 5.10. The van der Waals surface area contributed by atoms with Crippen LogP contribution in [0, 0.1) is 0 Å². The van der Waals surface area contributed by atoms with Crippen LogP contribution in [0.15, 0.2) is 53.3 Å². The minimum absolute atomic E-state index is 0.0570. The molecule has 38 heavy (non-hydrogen) atoms. The van der Waals surface area contributed by atoms with E-state index < -0.39 is 6.03 Å². The zero-order valence-corrected chi connectivity index (χ0v) is 21.7. The molecule has 1 aliphatic heterocycles. The van der Waals surface area contributed by atoms with Gasteiger partial charge in [-0.05, 0) is 31.2 Å². The third-order valence-electron chi connectivity index (χ3n) is 5.99. The van der Waals surface area contributed by atoms with Gasteiger partial charge in [0.25, 0.3) is 0 Å². The van der Waals surface area contributed by atoms with E-state index in [4.69, 9.17) is 18.7 Å². The standard InChI is InChI=1S/C27H30N6O5/c1-27(2,3)23-13-24(33-38-23)32-26(34)31-16-6-5-7-17(10-16)37-25-19-11-22(36-18-8-9-28-14-18)21(35-4)12-20(19)29-15-30-25/h5-7,10-13,15,18,28H,8-9,14H2,1-4H3,(H2,31,32,33,34)/t18-/m0/s1. The molecular weight excluding hydrogens is 488 g/mol. The molecule has 0 spiro atoms. The van der Waals surface area contributed by atoms with E-state index in [-0.39, 0.29) is 11.5 Å². The van der Waals surface area contributed by atoms with Gasteiger partial charge >= 0.3 is 6.03 Å². The molecule has 1 fully saturated rings. The van der Waals surface area contributed by atoms with E-state index in [9.17, 15) is 4.79 Å². The van der Waals surface area contributed by atoms with Gasteiger partial charge in [-0.1, -0.05) is 32.0 Å². The number of fused-ring (bicyclic) bond motifs is 1. The number of carbonyl (C=O) groups excluding carboxylic acids is 1. The van der Waals surface area contributed by atoms with Crippen LogP contribution in [0.4, 0.5) is 16.3 Å². The Bertz CT molecular complexity index is 1440. The minimum atomic E-state index is -0.460. The lowest BCUT2D eigenvalue weighted by Gasteiger charge is -2.17. The maximum absolute atomic E-state index is 12.5. The van der Waals surface area contributed by atoms with E-state index in [0.717, 1.165) is 19.5 Å². The predicted molar refractivity (Wildman–Crippen MR) is 142 cm³/mol. The molecule has 0 saturated carbocycles. The van der Waals surface area contributed by atoms with Gasteiger partial charge in [-0.2, -0.15) is 0 Å². The van der Waals surface area contributed by atoms with E-state index in [0.29, 0.717) is 51.3 Å². The van der Waals surface area contributed by atoms with Crippen molar-refractivity contribution in [2.75, 3.05) is 30.8 Å². The summed E-state index contributed by atoms with van der Waals surface area (Å²) in [4.78, 5) is 21.2. The average Bonchev–Trinajstić information content (AvgIpc) is 3.56. The molecule has 11 heteroatoms. The number of nitrogens with one attached hydrogen (secondary N) is 3. The van der Waals surface area contributed by atoms with E-state index in [1.807, 2.05) is 26.8 Å². The summed E-state index contributed by atoms with van der Waals surface area (Å²) >= 11 is 0. The van der Waals surface area contributed by atoms with Crippen LogP contribution >= 0.6 is 0 Å². The maximum Gasteiger partial charge on any atom is 0.324 e. The van der Waals surface area contributed by atoms with Crippen molar-refractivity contribution < 1.29 is 23.5 Å². The van der Waals surface area contributed by atoms with E-state index in [1.165, 1.54) is 6.33 Å². The van der Waals surface area contributed by atoms with Gasteiger partial charge in [0.05, 0.1) is 18.0 Å². The van der Waals surface area contributed by atoms with E-state index in [1.54, 1.807) is 43.5 Å². The molecule has 5 rings (SSSR count). The number of urea groups is 1. The molecule has 0 radical (unpaired) electrons. The quantitative estimate of drug-likeness (QED) is 0.305. The molecule has 1 aliphatic rings. The largest absolute Gasteiger partial charge is 0.493 e. The second-order valence-corrected chi connectivity index (χ2v) is 9.97. The molecule has 198 valence electrons. The first kappa shape index (κ1) is 25.3. The highest BCUT2D eigenvalue weighted by atomic mass is 16.5. The summed E-state index contributed by atoms with van der Waals surface area (Å²) in [6.45, 7) is 7.69. The van der Waals surface area contributed by atoms with Crippen LogP contribution in [-0.2, 0) is 5.41 Å². The molecule has 0 aliphatic carbocycles. The maximum atomic E-state index is 12.5. The third-order valence-corrected chi connectivity index (χ3v) is 5.99. The second kappa shape index (κ2) is 10.5. The smallest absolute Gasteiger partial charge is 0.324 e. The first-order valence-corrected chi connectivity index (χ1v) is 12.3. The van der Waals surface area contributed by atoms with Crippen LogP contribution in [0.1, 0.15) is 33.0 Å². The van der Waals surface area contributed by atoms with Crippen LogP contribution in [0.2, 0.25) is 0 Å². The monoisotopic (exact) mass is 518 g/mol. The number of rotatable bonds is 7. The van der Waals surface area contributed by atoms with Gasteiger partial charge in [0.15, 0.2) is 17.3 Å². The average molecular weight is 519 g/mol. The van der Waals surface area contributed by atoms with Gasteiger partial charge < -0.3 is 29.4 Å². The molecule has 3 N–H and O–H groups in total. The fourth-order valence-electron chi connectivity index (χ4n) is 4.00. The van der Waals surface area contributed by atoms with Crippen molar-refractivity contribution in [1.29, 1.82) is 0 Å². The van der Waals surface area contributed by atoms with Gasteiger partial charge in [0, 0.05) is 35.8 Å². The Hall–Kier alpha value is -4.38. The Balaban J connectivity index is 1.32. The highest BCUT2D eigenvalue weighted by molar-refractivity contribution is 5.99. The van der Waals surface area contributed by atoms with Crippen molar-refractivity contribution in [2.24, 2.45) is 0 Å². The number of aromatic nitrogens is 3. The number of anilines is 2.